The molecule has 0 bridgehead atoms. The molecule has 0 fully saturated rings. The molecule has 6 nitrogen and oxygen atoms in total. The molecule has 0 aliphatic heterocycles. The maximum Gasteiger partial charge on any atom is 0.414 e. The van der Waals surface area contributed by atoms with Crippen LogP contribution in [-0.4, -0.2) is 40.5 Å². The van der Waals surface area contributed by atoms with Gasteiger partial charge in [-0.3, -0.25) is 5.32 Å². The summed E-state index contributed by atoms with van der Waals surface area (Å²) in [6, 6.07) is 0. The van der Waals surface area contributed by atoms with Crippen molar-refractivity contribution in [1.82, 2.24) is 5.32 Å². The largest absolute Gasteiger partial charge is 0.473 e. The first-order valence-corrected chi connectivity index (χ1v) is 2.73. The van der Waals surface area contributed by atoms with Crippen LogP contribution in [-0.2, 0) is 9.59 Å². The van der Waals surface area contributed by atoms with Gasteiger partial charge in [0.05, 0.1) is 0 Å². The molecule has 0 rings (SSSR count). The van der Waals surface area contributed by atoms with Crippen LogP contribution in [0.25, 0.3) is 0 Å². The minimum Gasteiger partial charge on any atom is -0.473 e. The van der Waals surface area contributed by atoms with Crippen LogP contribution in [0.4, 0.5) is 0 Å². The third-order valence-corrected chi connectivity index (χ3v) is 0.601. The van der Waals surface area contributed by atoms with Crippen LogP contribution >= 0.6 is 0 Å². The van der Waals surface area contributed by atoms with E-state index in [1.807, 2.05) is 0 Å². The second kappa shape index (κ2) is 6.97. The smallest absolute Gasteiger partial charge is 0.414 e. The van der Waals surface area contributed by atoms with Gasteiger partial charge in [0.2, 0.25) is 0 Å². The molecule has 4 N–H and O–H groups in total. The minimum absolute atomic E-state index is 0.366. The van der Waals surface area contributed by atoms with Crippen LogP contribution in [0.2, 0.25) is 0 Å². The first kappa shape index (κ1) is 12.5. The highest BCUT2D eigenvalue weighted by Crippen LogP contribution is 1.59. The van der Waals surface area contributed by atoms with Gasteiger partial charge in [0, 0.05) is 0 Å². The Balaban J connectivity index is 0. The molecule has 11 heavy (non-hydrogen) atoms. The van der Waals surface area contributed by atoms with Gasteiger partial charge in [-0.1, -0.05) is 0 Å². The van der Waals surface area contributed by atoms with Crippen LogP contribution < -0.4 is 5.32 Å². The fourth-order valence-electron chi connectivity index (χ4n) is 0. The summed E-state index contributed by atoms with van der Waals surface area (Å²) in [5, 5.41) is 25.6. The van der Waals surface area contributed by atoms with Crippen LogP contribution in [0.5, 0.6) is 0 Å². The molecule has 0 aromatic heterocycles. The molecule has 0 heterocycles. The molecule has 1 unspecified atom stereocenters. The number of carboxylic acid groups (broad SMARTS) is 2. The number of hydrogen-bond donors (Lipinski definition) is 4. The first-order valence-electron chi connectivity index (χ1n) is 2.73. The number of aliphatic carboxylic acids is 2. The van der Waals surface area contributed by atoms with Crippen molar-refractivity contribution in [3.05, 3.63) is 0 Å². The highest BCUT2D eigenvalue weighted by molar-refractivity contribution is 6.27. The molecular weight excluding hydrogens is 154 g/mol. The topological polar surface area (TPSA) is 107 Å². The number of carbonyl (C=O) groups is 2. The van der Waals surface area contributed by atoms with Crippen molar-refractivity contribution in [2.75, 3.05) is 7.05 Å². The summed E-state index contributed by atoms with van der Waals surface area (Å²) in [5.41, 5.74) is 0. The number of aliphatic hydroxyl groups is 1. The summed E-state index contributed by atoms with van der Waals surface area (Å²) in [6.45, 7) is 1.67. The van der Waals surface area contributed by atoms with Gasteiger partial charge in [0.1, 0.15) is 6.23 Å². The number of carboxylic acids is 2. The van der Waals surface area contributed by atoms with Crippen LogP contribution in [0.3, 0.4) is 0 Å². The Hall–Kier alpha value is -1.14. The zero-order valence-corrected chi connectivity index (χ0v) is 6.24. The van der Waals surface area contributed by atoms with Gasteiger partial charge in [-0.15, -0.1) is 0 Å². The van der Waals surface area contributed by atoms with Crippen molar-refractivity contribution < 1.29 is 24.9 Å². The molecule has 0 saturated heterocycles. The molecule has 0 aromatic carbocycles. The molecule has 0 amide bonds. The first-order chi connectivity index (χ1) is 4.91. The third-order valence-electron chi connectivity index (χ3n) is 0.601. The highest BCUT2D eigenvalue weighted by atomic mass is 16.4. The lowest BCUT2D eigenvalue weighted by Crippen LogP contribution is -2.19. The molecule has 0 aliphatic rings. The fourth-order valence-corrected chi connectivity index (χ4v) is 0. The Morgan fingerprint density at radius 3 is 1.45 bits per heavy atom. The predicted molar refractivity (Wildman–Crippen MR) is 36.0 cm³/mol. The quantitative estimate of drug-likeness (QED) is 0.284. The summed E-state index contributed by atoms with van der Waals surface area (Å²) in [7, 11) is 1.70. The van der Waals surface area contributed by atoms with Crippen LogP contribution in [0, 0.1) is 0 Å². The lowest BCUT2D eigenvalue weighted by atomic mass is 10.7. The van der Waals surface area contributed by atoms with E-state index in [1.165, 1.54) is 0 Å². The molecule has 0 aromatic rings. The Kier molecular flexibility index (Phi) is 7.94. The second-order valence-electron chi connectivity index (χ2n) is 1.57. The van der Waals surface area contributed by atoms with Gasteiger partial charge in [-0.25, -0.2) is 9.59 Å². The van der Waals surface area contributed by atoms with Crippen LogP contribution in [0.15, 0.2) is 0 Å². The average Bonchev–Trinajstić information content (AvgIpc) is 1.89. The van der Waals surface area contributed by atoms with Gasteiger partial charge in [0.15, 0.2) is 0 Å². The molecule has 0 spiro atoms. The number of aliphatic hydroxyl groups excluding tert-OH is 1. The monoisotopic (exact) mass is 165 g/mol. The summed E-state index contributed by atoms with van der Waals surface area (Å²) in [6.07, 6.45) is -0.366. The average molecular weight is 165 g/mol. The highest BCUT2D eigenvalue weighted by Gasteiger charge is 2.04. The summed E-state index contributed by atoms with van der Waals surface area (Å²) < 4.78 is 0. The summed E-state index contributed by atoms with van der Waals surface area (Å²) in [4.78, 5) is 18.2. The lowest BCUT2D eigenvalue weighted by Gasteiger charge is -1.94. The van der Waals surface area contributed by atoms with E-state index in [9.17, 15) is 0 Å². The minimum atomic E-state index is -1.82. The van der Waals surface area contributed by atoms with E-state index < -0.39 is 11.9 Å². The number of hydrogen-bond acceptors (Lipinski definition) is 4. The molecule has 66 valence electrons. The maximum atomic E-state index is 9.10. The van der Waals surface area contributed by atoms with Gasteiger partial charge < -0.3 is 15.3 Å². The fraction of sp³-hybridized carbons (Fsp3) is 0.600. The Morgan fingerprint density at radius 2 is 1.45 bits per heavy atom. The van der Waals surface area contributed by atoms with Gasteiger partial charge in [0.25, 0.3) is 0 Å². The molecule has 6 heteroatoms. The van der Waals surface area contributed by atoms with Gasteiger partial charge in [-0.2, -0.15) is 0 Å². The van der Waals surface area contributed by atoms with Gasteiger partial charge in [-0.05, 0) is 14.0 Å². The third kappa shape index (κ3) is 17.7. The van der Waals surface area contributed by atoms with E-state index >= 15 is 0 Å². The number of rotatable bonds is 1. The zero-order chi connectivity index (χ0) is 9.44. The Labute approximate surface area is 63.5 Å². The molecular formula is C5H11NO5. The van der Waals surface area contributed by atoms with Crippen molar-refractivity contribution in [3.63, 3.8) is 0 Å². The zero-order valence-electron chi connectivity index (χ0n) is 6.24. The molecule has 1 atom stereocenters. The molecule has 0 aliphatic carbocycles. The Morgan fingerprint density at radius 1 is 1.27 bits per heavy atom. The van der Waals surface area contributed by atoms with Crippen molar-refractivity contribution >= 4 is 11.9 Å². The number of nitrogens with one attached hydrogen (secondary N) is 1. The summed E-state index contributed by atoms with van der Waals surface area (Å²) >= 11 is 0. The van der Waals surface area contributed by atoms with Crippen molar-refractivity contribution in [2.45, 2.75) is 13.2 Å². The summed E-state index contributed by atoms with van der Waals surface area (Å²) in [5.74, 6) is -3.65. The van der Waals surface area contributed by atoms with Crippen molar-refractivity contribution in [1.29, 1.82) is 0 Å². The van der Waals surface area contributed by atoms with E-state index in [0.717, 1.165) is 0 Å². The van der Waals surface area contributed by atoms with E-state index in [0.29, 0.717) is 0 Å². The van der Waals surface area contributed by atoms with E-state index in [4.69, 9.17) is 24.9 Å². The van der Waals surface area contributed by atoms with Gasteiger partial charge >= 0.3 is 11.9 Å². The van der Waals surface area contributed by atoms with Crippen molar-refractivity contribution in [2.24, 2.45) is 0 Å². The van der Waals surface area contributed by atoms with E-state index in [-0.39, 0.29) is 6.23 Å². The van der Waals surface area contributed by atoms with E-state index in [2.05, 4.69) is 5.32 Å². The lowest BCUT2D eigenvalue weighted by molar-refractivity contribution is -0.159. The van der Waals surface area contributed by atoms with Crippen molar-refractivity contribution in [3.8, 4) is 0 Å². The standard InChI is InChI=1S/C3H9NO.C2H2O4/c1-3(5)4-2;3-1(4)2(5)6/h3-5H,1-2H3;(H,3,4)(H,5,6). The normalized spacial score (nSPS) is 10.8. The maximum absolute atomic E-state index is 9.10. The molecule has 0 saturated carbocycles. The Bertz CT molecular complexity index is 121. The SMILES string of the molecule is CNC(C)O.O=C(O)C(=O)O. The van der Waals surface area contributed by atoms with E-state index in [1.54, 1.807) is 14.0 Å². The molecule has 0 radical (unpaired) electrons. The van der Waals surface area contributed by atoms with Crippen LogP contribution in [0.1, 0.15) is 6.92 Å². The predicted octanol–water partition coefficient (Wildman–Crippen LogP) is -1.30. The second-order valence-corrected chi connectivity index (χ2v) is 1.57.